The monoisotopic (exact) mass is 486 g/mol. The quantitative estimate of drug-likeness (QED) is 0.466. The Kier molecular flexibility index (Phi) is 7.57. The van der Waals surface area contributed by atoms with Gasteiger partial charge in [0.2, 0.25) is 5.91 Å². The summed E-state index contributed by atoms with van der Waals surface area (Å²) in [6.07, 6.45) is 0.767. The molecule has 0 aliphatic carbocycles. The van der Waals surface area contributed by atoms with Gasteiger partial charge in [0.15, 0.2) is 0 Å². The van der Waals surface area contributed by atoms with Crippen LogP contribution in [0.4, 0.5) is 0 Å². The van der Waals surface area contributed by atoms with Crippen molar-refractivity contribution in [2.75, 3.05) is 20.7 Å². The van der Waals surface area contributed by atoms with Crippen LogP contribution in [0.5, 0.6) is 5.75 Å². The van der Waals surface area contributed by atoms with Crippen molar-refractivity contribution in [1.29, 1.82) is 0 Å². The summed E-state index contributed by atoms with van der Waals surface area (Å²) in [6.45, 7) is 3.70. The molecule has 1 aromatic heterocycles. The SMILES string of the molecule is COc1ccc(S[C@@H]2C[C@@H](C(=O)N(C)Cc3nonc3C)N(Cc3ccc(Cl)cc3)C2)cc1. The van der Waals surface area contributed by atoms with Gasteiger partial charge in [0.25, 0.3) is 0 Å². The molecule has 2 aromatic carbocycles. The smallest absolute Gasteiger partial charge is 0.240 e. The lowest BCUT2D eigenvalue weighted by Gasteiger charge is -2.27. The Labute approximate surface area is 203 Å². The van der Waals surface area contributed by atoms with Crippen LogP contribution in [-0.4, -0.2) is 58.0 Å². The van der Waals surface area contributed by atoms with E-state index in [1.165, 1.54) is 0 Å². The van der Waals surface area contributed by atoms with Crippen LogP contribution < -0.4 is 4.74 Å². The molecule has 0 bridgehead atoms. The predicted molar refractivity (Wildman–Crippen MR) is 128 cm³/mol. The maximum atomic E-state index is 13.5. The van der Waals surface area contributed by atoms with Gasteiger partial charge < -0.3 is 9.64 Å². The fraction of sp³-hybridized carbons (Fsp3) is 0.375. The molecular weight excluding hydrogens is 460 g/mol. The molecule has 3 aromatic rings. The molecule has 1 saturated heterocycles. The zero-order valence-corrected chi connectivity index (χ0v) is 20.5. The Balaban J connectivity index is 1.49. The van der Waals surface area contributed by atoms with Crippen molar-refractivity contribution < 1.29 is 14.2 Å². The maximum Gasteiger partial charge on any atom is 0.240 e. The Bertz CT molecular complexity index is 1070. The second kappa shape index (κ2) is 10.6. The van der Waals surface area contributed by atoms with Gasteiger partial charge in [-0.2, -0.15) is 0 Å². The molecule has 7 nitrogen and oxygen atoms in total. The van der Waals surface area contributed by atoms with Gasteiger partial charge in [0, 0.05) is 35.3 Å². The zero-order valence-electron chi connectivity index (χ0n) is 18.9. The van der Waals surface area contributed by atoms with Crippen molar-refractivity contribution in [2.45, 2.75) is 42.6 Å². The Morgan fingerprint density at radius 2 is 1.94 bits per heavy atom. The number of hydrogen-bond acceptors (Lipinski definition) is 7. The third-order valence-corrected chi connectivity index (χ3v) is 7.29. The van der Waals surface area contributed by atoms with Gasteiger partial charge in [0.05, 0.1) is 19.7 Å². The van der Waals surface area contributed by atoms with E-state index >= 15 is 0 Å². The van der Waals surface area contributed by atoms with E-state index in [-0.39, 0.29) is 11.9 Å². The third kappa shape index (κ3) is 5.88. The minimum Gasteiger partial charge on any atom is -0.497 e. The number of benzene rings is 2. The number of likely N-dealkylation sites (N-methyl/N-ethyl adjacent to an activating group) is 1. The number of aryl methyl sites for hydroxylation is 1. The topological polar surface area (TPSA) is 71.7 Å². The van der Waals surface area contributed by atoms with Crippen molar-refractivity contribution >= 4 is 29.3 Å². The second-order valence-electron chi connectivity index (χ2n) is 8.21. The van der Waals surface area contributed by atoms with Gasteiger partial charge in [0.1, 0.15) is 17.1 Å². The predicted octanol–water partition coefficient (Wildman–Crippen LogP) is 4.43. The third-order valence-electron chi connectivity index (χ3n) is 5.82. The average Bonchev–Trinajstić information content (AvgIpc) is 3.40. The summed E-state index contributed by atoms with van der Waals surface area (Å²) in [5.74, 6) is 0.909. The summed E-state index contributed by atoms with van der Waals surface area (Å²) in [7, 11) is 3.47. The number of halogens is 1. The van der Waals surface area contributed by atoms with Crippen molar-refractivity contribution in [3.05, 3.63) is 70.5 Å². The summed E-state index contributed by atoms with van der Waals surface area (Å²) in [6, 6.07) is 15.6. The molecule has 4 rings (SSSR count). The summed E-state index contributed by atoms with van der Waals surface area (Å²) >= 11 is 7.86. The van der Waals surface area contributed by atoms with E-state index in [4.69, 9.17) is 21.0 Å². The van der Waals surface area contributed by atoms with E-state index in [1.807, 2.05) is 43.3 Å². The molecule has 2 atom stereocenters. The van der Waals surface area contributed by atoms with Crippen LogP contribution >= 0.6 is 23.4 Å². The second-order valence-corrected chi connectivity index (χ2v) is 10.0. The summed E-state index contributed by atoms with van der Waals surface area (Å²) < 4.78 is 10.1. The first-order valence-electron chi connectivity index (χ1n) is 10.7. The number of methoxy groups -OCH3 is 1. The first-order chi connectivity index (χ1) is 15.9. The van der Waals surface area contributed by atoms with Crippen LogP contribution in [-0.2, 0) is 17.9 Å². The van der Waals surface area contributed by atoms with Gasteiger partial charge in [-0.05, 0) is 55.3 Å². The van der Waals surface area contributed by atoms with Crippen LogP contribution in [0.3, 0.4) is 0 Å². The molecule has 33 heavy (non-hydrogen) atoms. The molecule has 2 heterocycles. The summed E-state index contributed by atoms with van der Waals surface area (Å²) in [5.41, 5.74) is 2.51. The van der Waals surface area contributed by atoms with E-state index in [0.717, 1.165) is 29.2 Å². The van der Waals surface area contributed by atoms with E-state index in [1.54, 1.807) is 30.8 Å². The van der Waals surface area contributed by atoms with E-state index < -0.39 is 0 Å². The average molecular weight is 487 g/mol. The van der Waals surface area contributed by atoms with Crippen LogP contribution in [0.15, 0.2) is 58.1 Å². The Morgan fingerprint density at radius 3 is 2.58 bits per heavy atom. The highest BCUT2D eigenvalue weighted by molar-refractivity contribution is 8.00. The molecule has 0 radical (unpaired) electrons. The van der Waals surface area contributed by atoms with Gasteiger partial charge in [-0.3, -0.25) is 9.69 Å². The lowest BCUT2D eigenvalue weighted by molar-refractivity contribution is -0.135. The van der Waals surface area contributed by atoms with Gasteiger partial charge in [-0.25, -0.2) is 4.63 Å². The van der Waals surface area contributed by atoms with Crippen LogP contribution in [0.2, 0.25) is 5.02 Å². The van der Waals surface area contributed by atoms with E-state index in [0.29, 0.717) is 34.7 Å². The molecule has 0 saturated carbocycles. The van der Waals surface area contributed by atoms with Crippen molar-refractivity contribution in [1.82, 2.24) is 20.1 Å². The van der Waals surface area contributed by atoms with Crippen molar-refractivity contribution in [2.24, 2.45) is 0 Å². The standard InChI is InChI=1S/C24H27ClN4O3S/c1-16-22(27-32-26-16)15-28(2)24(30)23-12-21(33-20-10-8-19(31-3)9-11-20)14-29(23)13-17-4-6-18(25)7-5-17/h4-11,21,23H,12-15H2,1-3H3/t21-,23+/m1/s1. The molecule has 0 spiro atoms. The fourth-order valence-corrected chi connectivity index (χ4v) is 5.35. The minimum absolute atomic E-state index is 0.0733. The highest BCUT2D eigenvalue weighted by atomic mass is 35.5. The molecule has 1 aliphatic rings. The van der Waals surface area contributed by atoms with Gasteiger partial charge in [-0.1, -0.05) is 34.0 Å². The highest BCUT2D eigenvalue weighted by Gasteiger charge is 2.38. The fourth-order valence-electron chi connectivity index (χ4n) is 4.00. The largest absolute Gasteiger partial charge is 0.497 e. The van der Waals surface area contributed by atoms with Crippen molar-refractivity contribution in [3.63, 3.8) is 0 Å². The number of hydrogen-bond donors (Lipinski definition) is 0. The number of nitrogens with zero attached hydrogens (tertiary/aromatic N) is 4. The Morgan fingerprint density at radius 1 is 1.21 bits per heavy atom. The molecule has 1 aliphatic heterocycles. The molecule has 0 unspecified atom stereocenters. The van der Waals surface area contributed by atoms with Crippen LogP contribution in [0.25, 0.3) is 0 Å². The van der Waals surface area contributed by atoms with Gasteiger partial charge in [-0.15, -0.1) is 11.8 Å². The molecule has 9 heteroatoms. The number of carbonyl (C=O) groups excluding carboxylic acids is 1. The van der Waals surface area contributed by atoms with Crippen LogP contribution in [0, 0.1) is 6.92 Å². The van der Waals surface area contributed by atoms with E-state index in [9.17, 15) is 4.79 Å². The molecule has 1 fully saturated rings. The highest BCUT2D eigenvalue weighted by Crippen LogP contribution is 2.35. The molecule has 1 amide bonds. The molecule has 174 valence electrons. The summed E-state index contributed by atoms with van der Waals surface area (Å²) in [4.78, 5) is 18.6. The minimum atomic E-state index is -0.221. The molecular formula is C24H27ClN4O3S. The number of rotatable bonds is 8. The summed E-state index contributed by atoms with van der Waals surface area (Å²) in [5, 5.41) is 8.74. The number of likely N-dealkylation sites (tertiary alicyclic amines) is 1. The van der Waals surface area contributed by atoms with Gasteiger partial charge >= 0.3 is 0 Å². The first kappa shape index (κ1) is 23.6. The van der Waals surface area contributed by atoms with Crippen LogP contribution in [0.1, 0.15) is 23.4 Å². The number of aromatic nitrogens is 2. The van der Waals surface area contributed by atoms with E-state index in [2.05, 4.69) is 27.3 Å². The lowest BCUT2D eigenvalue weighted by Crippen LogP contribution is -2.43. The number of thioether (sulfide) groups is 1. The lowest BCUT2D eigenvalue weighted by atomic mass is 10.1. The first-order valence-corrected chi connectivity index (χ1v) is 12.0. The Hall–Kier alpha value is -2.55. The van der Waals surface area contributed by atoms with Crippen molar-refractivity contribution in [3.8, 4) is 5.75 Å². The number of amides is 1. The maximum absolute atomic E-state index is 13.5. The normalized spacial score (nSPS) is 18.4. The number of ether oxygens (including phenoxy) is 1. The molecule has 0 N–H and O–H groups in total. The zero-order chi connectivity index (χ0) is 23.4. The number of carbonyl (C=O) groups is 1.